The van der Waals surface area contributed by atoms with Crippen molar-refractivity contribution in [2.45, 2.75) is 18.9 Å². The summed E-state index contributed by atoms with van der Waals surface area (Å²) in [5, 5.41) is 8.83. The van der Waals surface area contributed by atoms with Crippen LogP contribution in [0.25, 0.3) is 0 Å². The van der Waals surface area contributed by atoms with Crippen molar-refractivity contribution in [2.24, 2.45) is 11.7 Å². The van der Waals surface area contributed by atoms with E-state index >= 15 is 0 Å². The van der Waals surface area contributed by atoms with Gasteiger partial charge in [-0.25, -0.2) is 0 Å². The normalized spacial score (nSPS) is 30.5. The molecule has 2 atom stereocenters. The number of carboxylic acids is 1. The average molecular weight is 183 g/mol. The van der Waals surface area contributed by atoms with Crippen LogP contribution in [0.1, 0.15) is 12.8 Å². The zero-order chi connectivity index (χ0) is 9.59. The van der Waals surface area contributed by atoms with Crippen LogP contribution in [0.2, 0.25) is 0 Å². The summed E-state index contributed by atoms with van der Waals surface area (Å²) in [5.74, 6) is -2.08. The van der Waals surface area contributed by atoms with Gasteiger partial charge in [-0.2, -0.15) is 0 Å². The van der Waals surface area contributed by atoms with E-state index < -0.39 is 17.8 Å². The molecule has 0 aromatic carbocycles. The molecule has 70 valence electrons. The van der Waals surface area contributed by atoms with Crippen molar-refractivity contribution in [1.29, 1.82) is 0 Å². The highest BCUT2D eigenvalue weighted by Crippen LogP contribution is 2.42. The van der Waals surface area contributed by atoms with Gasteiger partial charge < -0.3 is 15.6 Å². The Bertz CT molecular complexity index is 320. The number of rotatable bonds is 2. The molecule has 2 rings (SSSR count). The number of carboxylic acid groups (broad SMARTS) is 1. The highest BCUT2D eigenvalue weighted by Gasteiger charge is 2.47. The first kappa shape index (κ1) is 8.10. The van der Waals surface area contributed by atoms with Crippen molar-refractivity contribution < 1.29 is 19.4 Å². The molecule has 0 saturated carbocycles. The number of amides is 1. The van der Waals surface area contributed by atoms with E-state index in [0.29, 0.717) is 18.6 Å². The summed E-state index contributed by atoms with van der Waals surface area (Å²) in [5.41, 5.74) is 5.23. The Balaban J connectivity index is 2.40. The fourth-order valence-electron chi connectivity index (χ4n) is 1.94. The molecule has 5 nitrogen and oxygen atoms in total. The van der Waals surface area contributed by atoms with E-state index in [1.165, 1.54) is 0 Å². The number of fused-ring (bicyclic) bond motifs is 2. The van der Waals surface area contributed by atoms with Crippen molar-refractivity contribution in [3.05, 3.63) is 11.3 Å². The summed E-state index contributed by atoms with van der Waals surface area (Å²) in [6.45, 7) is 0. The van der Waals surface area contributed by atoms with Crippen LogP contribution in [-0.2, 0) is 14.3 Å². The molecule has 13 heavy (non-hydrogen) atoms. The Hall–Kier alpha value is -1.52. The molecule has 1 amide bonds. The van der Waals surface area contributed by atoms with Crippen molar-refractivity contribution in [1.82, 2.24) is 0 Å². The second-order valence-electron chi connectivity index (χ2n) is 3.21. The second-order valence-corrected chi connectivity index (χ2v) is 3.21. The lowest BCUT2D eigenvalue weighted by atomic mass is 9.87. The summed E-state index contributed by atoms with van der Waals surface area (Å²) in [6, 6.07) is 0. The average Bonchev–Trinajstić information content (AvgIpc) is 2.60. The molecule has 3 N–H and O–H groups in total. The van der Waals surface area contributed by atoms with Crippen LogP contribution in [0, 0.1) is 5.92 Å². The predicted octanol–water partition coefficient (Wildman–Crippen LogP) is -0.381. The van der Waals surface area contributed by atoms with E-state index in [4.69, 9.17) is 15.6 Å². The molecule has 1 saturated heterocycles. The van der Waals surface area contributed by atoms with Gasteiger partial charge in [0.2, 0.25) is 5.91 Å². The van der Waals surface area contributed by atoms with Crippen molar-refractivity contribution in [2.75, 3.05) is 0 Å². The topological polar surface area (TPSA) is 89.6 Å². The molecule has 0 aromatic rings. The van der Waals surface area contributed by atoms with Crippen molar-refractivity contribution in [3.8, 4) is 0 Å². The zero-order valence-electron chi connectivity index (χ0n) is 6.82. The van der Waals surface area contributed by atoms with Crippen molar-refractivity contribution >= 4 is 11.9 Å². The lowest BCUT2D eigenvalue weighted by Gasteiger charge is -2.13. The minimum atomic E-state index is -1.03. The Morgan fingerprint density at radius 2 is 2.23 bits per heavy atom. The van der Waals surface area contributed by atoms with Gasteiger partial charge in [0.05, 0.1) is 5.57 Å². The van der Waals surface area contributed by atoms with Gasteiger partial charge in [0.1, 0.15) is 17.8 Å². The third-order valence-corrected chi connectivity index (χ3v) is 2.46. The molecule has 0 spiro atoms. The van der Waals surface area contributed by atoms with Gasteiger partial charge in [-0.3, -0.25) is 9.59 Å². The molecule has 0 aromatic heterocycles. The van der Waals surface area contributed by atoms with Gasteiger partial charge in [-0.05, 0) is 6.42 Å². The van der Waals surface area contributed by atoms with Crippen LogP contribution in [0.3, 0.4) is 0 Å². The van der Waals surface area contributed by atoms with E-state index in [1.807, 2.05) is 0 Å². The fourth-order valence-corrected chi connectivity index (χ4v) is 1.94. The highest BCUT2D eigenvalue weighted by molar-refractivity contribution is 5.99. The van der Waals surface area contributed by atoms with Crippen LogP contribution in [0.4, 0.5) is 0 Å². The molecule has 2 aliphatic rings. The van der Waals surface area contributed by atoms with Crippen LogP contribution in [0.5, 0.6) is 0 Å². The van der Waals surface area contributed by atoms with E-state index in [1.54, 1.807) is 0 Å². The maximum absolute atomic E-state index is 10.9. The number of nitrogens with two attached hydrogens (primary N) is 1. The lowest BCUT2D eigenvalue weighted by Crippen LogP contribution is -2.32. The molecule has 5 heteroatoms. The van der Waals surface area contributed by atoms with Gasteiger partial charge in [0, 0.05) is 6.42 Å². The van der Waals surface area contributed by atoms with Crippen LogP contribution in [-0.4, -0.2) is 23.1 Å². The summed E-state index contributed by atoms with van der Waals surface area (Å²) in [6.07, 6.45) is 0.922. The summed E-state index contributed by atoms with van der Waals surface area (Å²) < 4.78 is 5.22. The van der Waals surface area contributed by atoms with E-state index in [0.717, 1.165) is 0 Å². The number of allylic oxidation sites excluding steroid dienone is 1. The number of aliphatic carboxylic acids is 1. The second kappa shape index (κ2) is 2.48. The third-order valence-electron chi connectivity index (χ3n) is 2.46. The molecule has 2 heterocycles. The van der Waals surface area contributed by atoms with Crippen LogP contribution < -0.4 is 5.73 Å². The zero-order valence-corrected chi connectivity index (χ0v) is 6.82. The first-order valence-electron chi connectivity index (χ1n) is 4.03. The number of carbonyl (C=O) groups excluding carboxylic acids is 1. The Morgan fingerprint density at radius 1 is 1.54 bits per heavy atom. The van der Waals surface area contributed by atoms with Gasteiger partial charge in [0.15, 0.2) is 0 Å². The van der Waals surface area contributed by atoms with E-state index in [9.17, 15) is 9.59 Å². The lowest BCUT2D eigenvalue weighted by molar-refractivity contribution is -0.143. The maximum Gasteiger partial charge on any atom is 0.315 e. The maximum atomic E-state index is 10.9. The first-order valence-corrected chi connectivity index (χ1v) is 4.03. The molecular weight excluding hydrogens is 174 g/mol. The smallest absolute Gasteiger partial charge is 0.315 e. The predicted molar refractivity (Wildman–Crippen MR) is 41.5 cm³/mol. The van der Waals surface area contributed by atoms with E-state index in [-0.39, 0.29) is 11.7 Å². The third kappa shape index (κ3) is 0.998. The minimum Gasteiger partial charge on any atom is -0.493 e. The van der Waals surface area contributed by atoms with Crippen molar-refractivity contribution in [3.63, 3.8) is 0 Å². The number of carbonyl (C=O) groups is 2. The van der Waals surface area contributed by atoms with Gasteiger partial charge in [-0.15, -0.1) is 0 Å². The quantitative estimate of drug-likeness (QED) is 0.610. The highest BCUT2D eigenvalue weighted by atomic mass is 16.5. The summed E-state index contributed by atoms with van der Waals surface area (Å²) in [7, 11) is 0. The fraction of sp³-hybridized carbons (Fsp3) is 0.500. The molecule has 0 aliphatic carbocycles. The monoisotopic (exact) mass is 183 g/mol. The first-order chi connectivity index (χ1) is 6.11. The molecule has 2 aliphatic heterocycles. The molecule has 0 radical (unpaired) electrons. The van der Waals surface area contributed by atoms with Gasteiger partial charge >= 0.3 is 5.97 Å². The molecular formula is C8H9NO4. The Morgan fingerprint density at radius 3 is 2.69 bits per heavy atom. The SMILES string of the molecule is NC(=O)C1=C2CCC(O2)C1C(=O)O. The number of primary amides is 1. The standard InChI is InChI=1S/C8H9NO4/c9-7(10)5-3-1-2-4(13-3)6(5)8(11)12/h4,6H,1-2H2,(H2,9,10)(H,11,12). The largest absolute Gasteiger partial charge is 0.493 e. The Labute approximate surface area is 74.2 Å². The van der Waals surface area contributed by atoms with Crippen LogP contribution in [0.15, 0.2) is 11.3 Å². The Kier molecular flexibility index (Phi) is 1.55. The molecule has 2 unspecified atom stereocenters. The van der Waals surface area contributed by atoms with Gasteiger partial charge in [0.25, 0.3) is 0 Å². The molecule has 1 fully saturated rings. The number of hydrogen-bond donors (Lipinski definition) is 2. The molecule has 2 bridgehead atoms. The summed E-state index contributed by atoms with van der Waals surface area (Å²) in [4.78, 5) is 21.7. The minimum absolute atomic E-state index is 0.156. The number of hydrogen-bond acceptors (Lipinski definition) is 3. The van der Waals surface area contributed by atoms with E-state index in [2.05, 4.69) is 0 Å². The summed E-state index contributed by atoms with van der Waals surface area (Å²) >= 11 is 0. The van der Waals surface area contributed by atoms with Gasteiger partial charge in [-0.1, -0.05) is 0 Å². The number of ether oxygens (including phenoxy) is 1. The van der Waals surface area contributed by atoms with Crippen LogP contribution >= 0.6 is 0 Å².